The summed E-state index contributed by atoms with van der Waals surface area (Å²) in [5.74, 6) is -0.370. The van der Waals surface area contributed by atoms with E-state index in [-0.39, 0.29) is 17.3 Å². The van der Waals surface area contributed by atoms with Crippen molar-refractivity contribution in [1.29, 1.82) is 0 Å². The Kier molecular flexibility index (Phi) is 6.24. The molecule has 2 saturated heterocycles. The highest BCUT2D eigenvalue weighted by molar-refractivity contribution is 8.01. The van der Waals surface area contributed by atoms with E-state index in [0.717, 1.165) is 11.1 Å². The highest BCUT2D eigenvalue weighted by atomic mass is 32.2. The van der Waals surface area contributed by atoms with E-state index in [1.165, 1.54) is 0 Å². The summed E-state index contributed by atoms with van der Waals surface area (Å²) < 4.78 is 7.68. The summed E-state index contributed by atoms with van der Waals surface area (Å²) in [6, 6.07) is 24.8. The van der Waals surface area contributed by atoms with Gasteiger partial charge in [-0.05, 0) is 24.1 Å². The predicted octanol–water partition coefficient (Wildman–Crippen LogP) is 4.30. The number of esters is 1. The molecule has 0 spiro atoms. The van der Waals surface area contributed by atoms with Crippen LogP contribution in [0.5, 0.6) is 0 Å². The maximum absolute atomic E-state index is 13.7. The number of rotatable bonds is 7. The highest BCUT2D eigenvalue weighted by Crippen LogP contribution is 2.52. The van der Waals surface area contributed by atoms with Crippen molar-refractivity contribution in [2.24, 2.45) is 0 Å². The summed E-state index contributed by atoms with van der Waals surface area (Å²) in [6.45, 7) is 2.72. The number of carbonyl (C=O) groups excluding carboxylic acids is 2. The van der Waals surface area contributed by atoms with Gasteiger partial charge in [0.1, 0.15) is 6.04 Å². The Hall–Kier alpha value is -3.38. The minimum atomic E-state index is -0.671. The Labute approximate surface area is 204 Å². The minimum absolute atomic E-state index is 0.00461. The Morgan fingerprint density at radius 3 is 2.24 bits per heavy atom. The van der Waals surface area contributed by atoms with Crippen LogP contribution in [0.2, 0.25) is 0 Å². The fraction of sp³-hybridized carbons (Fsp3) is 0.250. The van der Waals surface area contributed by atoms with Gasteiger partial charge in [-0.3, -0.25) is 4.79 Å². The number of carbonyl (C=O) groups is 2. The molecule has 0 saturated carbocycles. The summed E-state index contributed by atoms with van der Waals surface area (Å²) in [5, 5.41) is 0.0102. The zero-order valence-electron chi connectivity index (χ0n) is 19.0. The quantitative estimate of drug-likeness (QED) is 0.223. The van der Waals surface area contributed by atoms with Crippen molar-refractivity contribution in [3.63, 3.8) is 0 Å². The van der Waals surface area contributed by atoms with Crippen molar-refractivity contribution < 1.29 is 18.9 Å². The molecule has 6 heteroatoms. The van der Waals surface area contributed by atoms with Crippen molar-refractivity contribution in [3.05, 3.63) is 115 Å². The second kappa shape index (κ2) is 9.47. The van der Waals surface area contributed by atoms with Crippen LogP contribution in [0, 0.1) is 0 Å². The van der Waals surface area contributed by atoms with Crippen LogP contribution >= 0.6 is 11.8 Å². The third-order valence-corrected chi connectivity index (χ3v) is 7.90. The van der Waals surface area contributed by atoms with Crippen LogP contribution in [-0.4, -0.2) is 32.9 Å². The molecule has 0 bridgehead atoms. The number of thioether (sulfide) groups is 1. The number of hydrogen-bond donors (Lipinski definition) is 0. The molecular weight excluding hydrogens is 444 g/mol. The Balaban J connectivity index is 1.42. The number of ether oxygens (including phenoxy) is 1. The normalized spacial score (nSPS) is 23.7. The van der Waals surface area contributed by atoms with Gasteiger partial charge in [0.25, 0.3) is 0 Å². The molecule has 1 amide bonds. The number of aromatic nitrogens is 1. The second-order valence-corrected chi connectivity index (χ2v) is 10.4. The molecule has 0 N–H and O–H groups in total. The van der Waals surface area contributed by atoms with E-state index in [9.17, 15) is 9.59 Å². The Morgan fingerprint density at radius 2 is 1.65 bits per heavy atom. The molecule has 3 heterocycles. The molecule has 1 aromatic heterocycles. The van der Waals surface area contributed by atoms with E-state index >= 15 is 0 Å². The van der Waals surface area contributed by atoms with Gasteiger partial charge in [0, 0.05) is 12.1 Å². The summed E-state index contributed by atoms with van der Waals surface area (Å²) in [6.07, 6.45) is 8.06. The van der Waals surface area contributed by atoms with E-state index in [2.05, 4.69) is 16.7 Å². The molecule has 2 fully saturated rings. The van der Waals surface area contributed by atoms with Crippen LogP contribution < -0.4 is 4.57 Å². The van der Waals surface area contributed by atoms with Gasteiger partial charge in [0.05, 0.1) is 16.5 Å². The number of fused-ring (bicyclic) bond motifs is 1. The van der Waals surface area contributed by atoms with Gasteiger partial charge >= 0.3 is 5.97 Å². The molecule has 3 atom stereocenters. The second-order valence-electron chi connectivity index (χ2n) is 8.78. The monoisotopic (exact) mass is 471 g/mol. The van der Waals surface area contributed by atoms with Crippen LogP contribution in [0.25, 0.3) is 0 Å². The molecule has 2 aliphatic rings. The van der Waals surface area contributed by atoms with E-state index in [1.54, 1.807) is 16.7 Å². The zero-order chi connectivity index (χ0) is 23.5. The van der Waals surface area contributed by atoms with E-state index < -0.39 is 16.9 Å². The fourth-order valence-corrected chi connectivity index (χ4v) is 6.33. The molecule has 3 aromatic rings. The zero-order valence-corrected chi connectivity index (χ0v) is 19.8. The third-order valence-electron chi connectivity index (χ3n) is 6.36. The van der Waals surface area contributed by atoms with Crippen LogP contribution in [0.3, 0.4) is 0 Å². The number of nitrogens with zero attached hydrogens (tertiary/aromatic N) is 2. The average Bonchev–Trinajstić information content (AvgIpc) is 3.11. The van der Waals surface area contributed by atoms with E-state index in [4.69, 9.17) is 4.74 Å². The molecule has 5 rings (SSSR count). The van der Waals surface area contributed by atoms with Crippen LogP contribution in [0.1, 0.15) is 30.6 Å². The number of hydrogen-bond acceptors (Lipinski definition) is 4. The van der Waals surface area contributed by atoms with E-state index in [0.29, 0.717) is 13.0 Å². The standard InChI is InChI=1S/C28H27N2O3S/c1-28(16-11-19-29-17-9-4-10-18-29)26(30-23(31)20-24(30)34-28)27(32)33-25(21-12-5-2-6-13-21)22-14-7-3-8-15-22/h2-18,24-26H,19-20H2,1H3/q+1/b16-11+/t24-,26+,28+/m1/s1. The first-order valence-electron chi connectivity index (χ1n) is 11.5. The fourth-order valence-electron chi connectivity index (χ4n) is 4.65. The van der Waals surface area contributed by atoms with E-state index in [1.807, 2.05) is 98.2 Å². The topological polar surface area (TPSA) is 50.5 Å². The maximum Gasteiger partial charge on any atom is 0.331 e. The van der Waals surface area contributed by atoms with Crippen molar-refractivity contribution in [1.82, 2.24) is 4.90 Å². The number of amides is 1. The molecule has 34 heavy (non-hydrogen) atoms. The number of pyridine rings is 1. The largest absolute Gasteiger partial charge is 0.451 e. The smallest absolute Gasteiger partial charge is 0.331 e. The van der Waals surface area contributed by atoms with Crippen LogP contribution in [0.4, 0.5) is 0 Å². The molecule has 0 unspecified atom stereocenters. The molecule has 172 valence electrons. The lowest BCUT2D eigenvalue weighted by atomic mass is 9.95. The molecule has 0 radical (unpaired) electrons. The van der Waals surface area contributed by atoms with Crippen molar-refractivity contribution in [3.8, 4) is 0 Å². The minimum Gasteiger partial charge on any atom is -0.451 e. The van der Waals surface area contributed by atoms with Crippen LogP contribution in [0.15, 0.2) is 103 Å². The third kappa shape index (κ3) is 4.38. The number of benzene rings is 2. The molecule has 5 nitrogen and oxygen atoms in total. The molecule has 2 aromatic carbocycles. The SMILES string of the molecule is C[C@@]1(/C=C/C[n+]2ccccc2)S[C@@H]2CC(=O)N2[C@H]1C(=O)OC(c1ccccc1)c1ccccc1. The molecular formula is C28H27N2O3S+. The Morgan fingerprint density at radius 1 is 1.06 bits per heavy atom. The number of β-lactam (4-membered cyclic amide) rings is 1. The lowest BCUT2D eigenvalue weighted by Gasteiger charge is -2.38. The van der Waals surface area contributed by atoms with Crippen molar-refractivity contribution in [2.75, 3.05) is 0 Å². The lowest BCUT2D eigenvalue weighted by molar-refractivity contribution is -0.687. The van der Waals surface area contributed by atoms with Gasteiger partial charge in [-0.2, -0.15) is 0 Å². The molecule has 0 aliphatic carbocycles. The van der Waals surface area contributed by atoms with Crippen molar-refractivity contribution in [2.45, 2.75) is 42.2 Å². The van der Waals surface area contributed by atoms with Gasteiger partial charge in [-0.25, -0.2) is 9.36 Å². The Bertz CT molecular complexity index is 1150. The lowest BCUT2D eigenvalue weighted by Crippen LogP contribution is -2.57. The molecule has 2 aliphatic heterocycles. The first-order valence-corrected chi connectivity index (χ1v) is 12.3. The summed E-state index contributed by atoms with van der Waals surface area (Å²) in [5.41, 5.74) is 1.80. The first kappa shape index (κ1) is 22.4. The summed E-state index contributed by atoms with van der Waals surface area (Å²) in [7, 11) is 0. The number of allylic oxidation sites excluding steroid dienone is 1. The maximum atomic E-state index is 13.7. The predicted molar refractivity (Wildman–Crippen MR) is 132 cm³/mol. The van der Waals surface area contributed by atoms with Gasteiger partial charge in [-0.1, -0.05) is 72.8 Å². The van der Waals surface area contributed by atoms with Gasteiger partial charge in [-0.15, -0.1) is 11.8 Å². The highest BCUT2D eigenvalue weighted by Gasteiger charge is 2.60. The van der Waals surface area contributed by atoms with Crippen molar-refractivity contribution >= 4 is 23.6 Å². The first-order chi connectivity index (χ1) is 16.5. The van der Waals surface area contributed by atoms with Gasteiger partial charge in [0.2, 0.25) is 5.91 Å². The summed E-state index contributed by atoms with van der Waals surface area (Å²) >= 11 is 1.66. The van der Waals surface area contributed by atoms with Crippen LogP contribution in [-0.2, 0) is 20.9 Å². The van der Waals surface area contributed by atoms with Gasteiger partial charge < -0.3 is 9.64 Å². The average molecular weight is 472 g/mol. The summed E-state index contributed by atoms with van der Waals surface area (Å²) in [4.78, 5) is 27.9. The van der Waals surface area contributed by atoms with Gasteiger partial charge in [0.15, 0.2) is 25.0 Å².